The molecule has 0 aromatic rings. The number of amides is 1. The van der Waals surface area contributed by atoms with E-state index >= 15 is 0 Å². The Morgan fingerprint density at radius 1 is 1.56 bits per heavy atom. The van der Waals surface area contributed by atoms with Crippen LogP contribution in [0, 0.1) is 0 Å². The highest BCUT2D eigenvalue weighted by Crippen LogP contribution is 1.90. The van der Waals surface area contributed by atoms with Crippen molar-refractivity contribution in [1.29, 1.82) is 0 Å². The van der Waals surface area contributed by atoms with Crippen LogP contribution in [0.5, 0.6) is 0 Å². The van der Waals surface area contributed by atoms with Gasteiger partial charge in [-0.15, -0.1) is 0 Å². The van der Waals surface area contributed by atoms with Crippen molar-refractivity contribution >= 4 is 5.91 Å². The Labute approximate surface area is 52.8 Å². The van der Waals surface area contributed by atoms with Gasteiger partial charge in [-0.05, 0) is 0 Å². The number of hydrogen-bond donors (Lipinski definition) is 4. The Hall–Kier alpha value is -0.650. The Morgan fingerprint density at radius 3 is 2.44 bits per heavy atom. The molecule has 2 unspecified atom stereocenters. The summed E-state index contributed by atoms with van der Waals surface area (Å²) in [6.45, 7) is 0.550. The maximum Gasteiger partial charge on any atom is 0.237 e. The van der Waals surface area contributed by atoms with Crippen molar-refractivity contribution in [1.82, 2.24) is 10.6 Å². The molecule has 1 aliphatic heterocycles. The number of nitrogens with two attached hydrogens (primary N) is 2. The number of carbonyl (C=O) groups excluding carboxylic acids is 1. The summed E-state index contributed by atoms with van der Waals surface area (Å²) in [4.78, 5) is 10.5. The Balaban J connectivity index is 2.49. The second-order valence-corrected chi connectivity index (χ2v) is 1.99. The minimum atomic E-state index is -0.412. The normalized spacial score (nSPS) is 34.8. The zero-order valence-electron chi connectivity index (χ0n) is 4.92. The fourth-order valence-corrected chi connectivity index (χ4v) is 0.809. The van der Waals surface area contributed by atoms with Crippen molar-refractivity contribution in [2.75, 3.05) is 6.67 Å². The molecular weight excluding hydrogens is 120 g/mol. The summed E-state index contributed by atoms with van der Waals surface area (Å²) in [5.74, 6) is -0.410. The first kappa shape index (κ1) is 6.47. The van der Waals surface area contributed by atoms with Gasteiger partial charge < -0.3 is 11.5 Å². The molecule has 0 aliphatic carbocycles. The SMILES string of the molecule is NC(=O)C1NCNC1N. The highest BCUT2D eigenvalue weighted by Gasteiger charge is 2.26. The predicted molar refractivity (Wildman–Crippen MR) is 32.1 cm³/mol. The summed E-state index contributed by atoms with van der Waals surface area (Å²) in [5.41, 5.74) is 10.4. The maximum atomic E-state index is 10.5. The predicted octanol–water partition coefficient (Wildman–Crippen LogP) is -2.72. The minimum Gasteiger partial charge on any atom is -0.368 e. The summed E-state index contributed by atoms with van der Waals surface area (Å²) in [5, 5.41) is 5.61. The van der Waals surface area contributed by atoms with Gasteiger partial charge >= 0.3 is 0 Å². The van der Waals surface area contributed by atoms with Gasteiger partial charge in [-0.2, -0.15) is 0 Å². The van der Waals surface area contributed by atoms with Gasteiger partial charge in [-0.3, -0.25) is 15.4 Å². The zero-order valence-corrected chi connectivity index (χ0v) is 4.92. The lowest BCUT2D eigenvalue weighted by atomic mass is 10.2. The molecule has 1 heterocycles. The lowest BCUT2D eigenvalue weighted by molar-refractivity contribution is -0.119. The number of carbonyl (C=O) groups is 1. The third-order valence-electron chi connectivity index (χ3n) is 1.33. The van der Waals surface area contributed by atoms with Crippen LogP contribution in [-0.2, 0) is 4.79 Å². The van der Waals surface area contributed by atoms with Gasteiger partial charge in [0.05, 0.1) is 6.17 Å². The van der Waals surface area contributed by atoms with E-state index in [0.717, 1.165) is 0 Å². The Bertz CT molecular complexity index is 126. The van der Waals surface area contributed by atoms with Crippen molar-refractivity contribution in [2.24, 2.45) is 11.5 Å². The van der Waals surface area contributed by atoms with Crippen LogP contribution in [0.4, 0.5) is 0 Å². The maximum absolute atomic E-state index is 10.5. The largest absolute Gasteiger partial charge is 0.368 e. The molecule has 52 valence electrons. The van der Waals surface area contributed by atoms with E-state index in [1.54, 1.807) is 0 Å². The molecule has 0 radical (unpaired) electrons. The van der Waals surface area contributed by atoms with Crippen LogP contribution in [0.2, 0.25) is 0 Å². The molecule has 0 aromatic heterocycles. The first-order chi connectivity index (χ1) is 4.22. The van der Waals surface area contributed by atoms with Crippen LogP contribution in [0.15, 0.2) is 0 Å². The van der Waals surface area contributed by atoms with Gasteiger partial charge in [0.2, 0.25) is 5.91 Å². The molecule has 1 amide bonds. The van der Waals surface area contributed by atoms with Crippen molar-refractivity contribution in [3.8, 4) is 0 Å². The number of rotatable bonds is 1. The number of primary amides is 1. The quantitative estimate of drug-likeness (QED) is 0.310. The molecule has 0 saturated carbocycles. The molecule has 5 heteroatoms. The van der Waals surface area contributed by atoms with Crippen molar-refractivity contribution in [2.45, 2.75) is 12.2 Å². The first-order valence-electron chi connectivity index (χ1n) is 2.73. The van der Waals surface area contributed by atoms with E-state index in [2.05, 4.69) is 10.6 Å². The van der Waals surface area contributed by atoms with Crippen molar-refractivity contribution in [3.63, 3.8) is 0 Å². The highest BCUT2D eigenvalue weighted by atomic mass is 16.1. The summed E-state index contributed by atoms with van der Waals surface area (Å²) in [6, 6.07) is -0.412. The van der Waals surface area contributed by atoms with E-state index in [0.29, 0.717) is 6.67 Å². The molecule has 0 aromatic carbocycles. The molecule has 6 N–H and O–H groups in total. The Morgan fingerprint density at radius 2 is 2.22 bits per heavy atom. The molecule has 1 rings (SSSR count). The van der Waals surface area contributed by atoms with E-state index in [4.69, 9.17) is 11.5 Å². The highest BCUT2D eigenvalue weighted by molar-refractivity contribution is 5.80. The Kier molecular flexibility index (Phi) is 1.65. The fourth-order valence-electron chi connectivity index (χ4n) is 0.809. The topological polar surface area (TPSA) is 93.2 Å². The first-order valence-corrected chi connectivity index (χ1v) is 2.73. The van der Waals surface area contributed by atoms with Crippen LogP contribution < -0.4 is 22.1 Å². The number of nitrogens with one attached hydrogen (secondary N) is 2. The van der Waals surface area contributed by atoms with E-state index < -0.39 is 11.9 Å². The van der Waals surface area contributed by atoms with E-state index in [1.165, 1.54) is 0 Å². The van der Waals surface area contributed by atoms with Crippen molar-refractivity contribution < 1.29 is 4.79 Å². The third kappa shape index (κ3) is 1.18. The molecule has 1 aliphatic rings. The minimum absolute atomic E-state index is 0.331. The average molecular weight is 130 g/mol. The summed E-state index contributed by atoms with van der Waals surface area (Å²) >= 11 is 0. The molecule has 2 atom stereocenters. The molecule has 0 bridgehead atoms. The second-order valence-electron chi connectivity index (χ2n) is 1.99. The second kappa shape index (κ2) is 2.30. The zero-order chi connectivity index (χ0) is 6.85. The van der Waals surface area contributed by atoms with Crippen LogP contribution in [0.25, 0.3) is 0 Å². The van der Waals surface area contributed by atoms with Gasteiger partial charge in [0, 0.05) is 6.67 Å². The standard InChI is InChI=1S/C4H10N4O/c5-3-2(4(6)9)7-1-8-3/h2-3,7-8H,1,5H2,(H2,6,9). The molecule has 1 fully saturated rings. The molecular formula is C4H10N4O. The van der Waals surface area contributed by atoms with Gasteiger partial charge in [-0.1, -0.05) is 0 Å². The van der Waals surface area contributed by atoms with E-state index in [9.17, 15) is 4.79 Å². The van der Waals surface area contributed by atoms with Gasteiger partial charge in [0.25, 0.3) is 0 Å². The average Bonchev–Trinajstić information content (AvgIpc) is 2.13. The van der Waals surface area contributed by atoms with Gasteiger partial charge in [0.15, 0.2) is 0 Å². The molecule has 9 heavy (non-hydrogen) atoms. The lowest BCUT2D eigenvalue weighted by Gasteiger charge is -2.08. The molecule has 1 saturated heterocycles. The van der Waals surface area contributed by atoms with Crippen molar-refractivity contribution in [3.05, 3.63) is 0 Å². The summed E-state index contributed by atoms with van der Waals surface area (Å²) in [6.07, 6.45) is -0.331. The summed E-state index contributed by atoms with van der Waals surface area (Å²) < 4.78 is 0. The monoisotopic (exact) mass is 130 g/mol. The van der Waals surface area contributed by atoms with Gasteiger partial charge in [0.1, 0.15) is 6.04 Å². The number of hydrogen-bond acceptors (Lipinski definition) is 4. The van der Waals surface area contributed by atoms with Crippen LogP contribution in [0.1, 0.15) is 0 Å². The molecule has 0 spiro atoms. The van der Waals surface area contributed by atoms with E-state index in [1.807, 2.05) is 0 Å². The fraction of sp³-hybridized carbons (Fsp3) is 0.750. The van der Waals surface area contributed by atoms with Gasteiger partial charge in [-0.25, -0.2) is 0 Å². The van der Waals surface area contributed by atoms with E-state index in [-0.39, 0.29) is 6.17 Å². The smallest absolute Gasteiger partial charge is 0.237 e. The van der Waals surface area contributed by atoms with Crippen LogP contribution >= 0.6 is 0 Å². The summed E-state index contributed by atoms with van der Waals surface area (Å²) in [7, 11) is 0. The molecule has 5 nitrogen and oxygen atoms in total. The third-order valence-corrected chi connectivity index (χ3v) is 1.33. The van der Waals surface area contributed by atoms with Crippen LogP contribution in [0.3, 0.4) is 0 Å². The van der Waals surface area contributed by atoms with Crippen LogP contribution in [-0.4, -0.2) is 24.8 Å². The lowest BCUT2D eigenvalue weighted by Crippen LogP contribution is -2.49.